The van der Waals surface area contributed by atoms with Crippen LogP contribution < -0.4 is 4.74 Å². The molecule has 0 fully saturated rings. The Kier molecular flexibility index (Phi) is 4.92. The molecule has 0 saturated carbocycles. The van der Waals surface area contributed by atoms with Gasteiger partial charge < -0.3 is 9.84 Å². The van der Waals surface area contributed by atoms with Gasteiger partial charge in [-0.05, 0) is 25.1 Å². The minimum absolute atomic E-state index is 0.371. The lowest BCUT2D eigenvalue weighted by Gasteiger charge is -2.02. The third-order valence-electron chi connectivity index (χ3n) is 2.02. The van der Waals surface area contributed by atoms with E-state index in [4.69, 9.17) is 9.84 Å². The van der Waals surface area contributed by atoms with Crippen molar-refractivity contribution in [3.8, 4) is 5.75 Å². The molecule has 0 amide bonds. The van der Waals surface area contributed by atoms with Crippen LogP contribution >= 0.6 is 11.8 Å². The van der Waals surface area contributed by atoms with Crippen molar-refractivity contribution < 1.29 is 14.6 Å². The van der Waals surface area contributed by atoms with Crippen molar-refractivity contribution in [2.45, 2.75) is 11.8 Å². The smallest absolute Gasteiger partial charge is 0.330 e. The summed E-state index contributed by atoms with van der Waals surface area (Å²) in [5.74, 6) is 0.584. The van der Waals surface area contributed by atoms with Crippen LogP contribution in [0.25, 0.3) is 0 Å². The number of ether oxygens (including phenoxy) is 1. The molecule has 0 heterocycles. The number of carboxylic acids is 1. The largest absolute Gasteiger partial charge is 0.497 e. The standard InChI is InChI=1S/C12H14O3S/c1-9(12(13)14)6-7-16-11-5-3-4-10(8-11)15-2/h3-6,8H,7H2,1-2H3,(H,13,14). The second kappa shape index (κ2) is 6.23. The van der Waals surface area contributed by atoms with Crippen molar-refractivity contribution in [3.05, 3.63) is 35.9 Å². The molecule has 16 heavy (non-hydrogen) atoms. The minimum atomic E-state index is -0.869. The van der Waals surface area contributed by atoms with E-state index >= 15 is 0 Å². The molecule has 0 radical (unpaired) electrons. The van der Waals surface area contributed by atoms with Crippen LogP contribution in [0.15, 0.2) is 40.8 Å². The highest BCUT2D eigenvalue weighted by atomic mass is 32.2. The van der Waals surface area contributed by atoms with Crippen LogP contribution in [0.1, 0.15) is 6.92 Å². The zero-order valence-corrected chi connectivity index (χ0v) is 10.1. The van der Waals surface area contributed by atoms with Gasteiger partial charge in [-0.2, -0.15) is 0 Å². The predicted molar refractivity (Wildman–Crippen MR) is 65.1 cm³/mol. The molecule has 1 rings (SSSR count). The fourth-order valence-corrected chi connectivity index (χ4v) is 1.94. The molecule has 0 bridgehead atoms. The summed E-state index contributed by atoms with van der Waals surface area (Å²) in [5, 5.41) is 8.66. The number of hydrogen-bond acceptors (Lipinski definition) is 3. The van der Waals surface area contributed by atoms with Gasteiger partial charge in [0.15, 0.2) is 0 Å². The quantitative estimate of drug-likeness (QED) is 0.633. The van der Waals surface area contributed by atoms with E-state index in [0.717, 1.165) is 10.6 Å². The lowest BCUT2D eigenvalue weighted by atomic mass is 10.3. The molecule has 1 aromatic rings. The number of carboxylic acid groups (broad SMARTS) is 1. The van der Waals surface area contributed by atoms with Crippen LogP contribution in [0.3, 0.4) is 0 Å². The predicted octanol–water partition coefficient (Wildman–Crippen LogP) is 2.82. The summed E-state index contributed by atoms with van der Waals surface area (Å²) in [6, 6.07) is 7.68. The van der Waals surface area contributed by atoms with E-state index in [-0.39, 0.29) is 0 Å². The van der Waals surface area contributed by atoms with Gasteiger partial charge in [-0.3, -0.25) is 0 Å². The first-order valence-electron chi connectivity index (χ1n) is 4.80. The second-order valence-corrected chi connectivity index (χ2v) is 4.28. The Morgan fingerprint density at radius 2 is 2.31 bits per heavy atom. The summed E-state index contributed by atoms with van der Waals surface area (Å²) >= 11 is 1.58. The molecular formula is C12H14O3S. The maximum atomic E-state index is 10.5. The molecule has 4 heteroatoms. The molecular weight excluding hydrogens is 224 g/mol. The van der Waals surface area contributed by atoms with Gasteiger partial charge in [0.25, 0.3) is 0 Å². The monoisotopic (exact) mass is 238 g/mol. The van der Waals surface area contributed by atoms with Crippen molar-refractivity contribution in [1.82, 2.24) is 0 Å². The molecule has 0 atom stereocenters. The fourth-order valence-electron chi connectivity index (χ4n) is 1.04. The summed E-state index contributed by atoms with van der Waals surface area (Å²) in [6.45, 7) is 1.59. The fraction of sp³-hybridized carbons (Fsp3) is 0.250. The number of hydrogen-bond donors (Lipinski definition) is 1. The summed E-state index contributed by atoms with van der Waals surface area (Å²) < 4.78 is 5.10. The second-order valence-electron chi connectivity index (χ2n) is 3.18. The van der Waals surface area contributed by atoms with Gasteiger partial charge in [-0.25, -0.2) is 4.79 Å². The zero-order valence-electron chi connectivity index (χ0n) is 9.27. The highest BCUT2D eigenvalue weighted by Gasteiger charge is 1.99. The van der Waals surface area contributed by atoms with Gasteiger partial charge in [0.1, 0.15) is 5.75 Å². The van der Waals surface area contributed by atoms with Gasteiger partial charge in [0.2, 0.25) is 0 Å². The average molecular weight is 238 g/mol. The van der Waals surface area contributed by atoms with E-state index < -0.39 is 5.97 Å². The molecule has 3 nitrogen and oxygen atoms in total. The normalized spacial score (nSPS) is 11.2. The van der Waals surface area contributed by atoms with E-state index in [1.165, 1.54) is 0 Å². The van der Waals surface area contributed by atoms with Gasteiger partial charge in [-0.15, -0.1) is 11.8 Å². The Hall–Kier alpha value is -1.42. The number of aliphatic carboxylic acids is 1. The number of carbonyl (C=O) groups is 1. The summed E-state index contributed by atoms with van der Waals surface area (Å²) in [7, 11) is 1.62. The Morgan fingerprint density at radius 3 is 2.94 bits per heavy atom. The Bertz CT molecular complexity index is 399. The van der Waals surface area contributed by atoms with Crippen LogP contribution in [0.4, 0.5) is 0 Å². The van der Waals surface area contributed by atoms with Gasteiger partial charge in [0.05, 0.1) is 7.11 Å². The molecule has 86 valence electrons. The van der Waals surface area contributed by atoms with E-state index in [9.17, 15) is 4.79 Å². The van der Waals surface area contributed by atoms with E-state index in [1.54, 1.807) is 31.9 Å². The molecule has 0 aliphatic carbocycles. The highest BCUT2D eigenvalue weighted by Crippen LogP contribution is 2.22. The third-order valence-corrected chi connectivity index (χ3v) is 2.94. The number of benzene rings is 1. The number of thioether (sulfide) groups is 1. The lowest BCUT2D eigenvalue weighted by molar-refractivity contribution is -0.132. The Labute approximate surface area is 99.1 Å². The maximum absolute atomic E-state index is 10.5. The average Bonchev–Trinajstić information content (AvgIpc) is 2.29. The third kappa shape index (κ3) is 3.98. The van der Waals surface area contributed by atoms with E-state index in [1.807, 2.05) is 24.3 Å². The molecule has 0 aliphatic heterocycles. The Morgan fingerprint density at radius 1 is 1.56 bits per heavy atom. The Balaban J connectivity index is 2.55. The van der Waals surface area contributed by atoms with E-state index in [0.29, 0.717) is 11.3 Å². The maximum Gasteiger partial charge on any atom is 0.330 e. The van der Waals surface area contributed by atoms with Gasteiger partial charge in [0, 0.05) is 16.2 Å². The summed E-state index contributed by atoms with van der Waals surface area (Å²) in [5.41, 5.74) is 0.371. The molecule has 1 N–H and O–H groups in total. The molecule has 1 aromatic carbocycles. The number of rotatable bonds is 5. The van der Waals surface area contributed by atoms with Crippen molar-refractivity contribution >= 4 is 17.7 Å². The first-order valence-corrected chi connectivity index (χ1v) is 5.79. The summed E-state index contributed by atoms with van der Waals surface area (Å²) in [6.07, 6.45) is 1.70. The van der Waals surface area contributed by atoms with Crippen molar-refractivity contribution in [3.63, 3.8) is 0 Å². The van der Waals surface area contributed by atoms with Crippen LogP contribution in [-0.2, 0) is 4.79 Å². The first kappa shape index (κ1) is 12.6. The van der Waals surface area contributed by atoms with Gasteiger partial charge >= 0.3 is 5.97 Å². The van der Waals surface area contributed by atoms with Crippen molar-refractivity contribution in [2.75, 3.05) is 12.9 Å². The molecule has 0 saturated heterocycles. The molecule has 0 aromatic heterocycles. The SMILES string of the molecule is COc1cccc(SCC=C(C)C(=O)O)c1. The summed E-state index contributed by atoms with van der Waals surface area (Å²) in [4.78, 5) is 11.6. The van der Waals surface area contributed by atoms with Crippen LogP contribution in [0.5, 0.6) is 5.75 Å². The van der Waals surface area contributed by atoms with E-state index in [2.05, 4.69) is 0 Å². The highest BCUT2D eigenvalue weighted by molar-refractivity contribution is 7.99. The molecule has 0 unspecified atom stereocenters. The van der Waals surface area contributed by atoms with Crippen LogP contribution in [-0.4, -0.2) is 23.9 Å². The topological polar surface area (TPSA) is 46.5 Å². The zero-order chi connectivity index (χ0) is 12.0. The van der Waals surface area contributed by atoms with Crippen molar-refractivity contribution in [2.24, 2.45) is 0 Å². The molecule has 0 spiro atoms. The lowest BCUT2D eigenvalue weighted by Crippen LogP contribution is -1.96. The number of methoxy groups -OCH3 is 1. The minimum Gasteiger partial charge on any atom is -0.497 e. The first-order chi connectivity index (χ1) is 7.63. The van der Waals surface area contributed by atoms with Crippen LogP contribution in [0.2, 0.25) is 0 Å². The molecule has 0 aliphatic rings. The van der Waals surface area contributed by atoms with Gasteiger partial charge in [-0.1, -0.05) is 12.1 Å². The van der Waals surface area contributed by atoms with Crippen molar-refractivity contribution in [1.29, 1.82) is 0 Å². The van der Waals surface area contributed by atoms with Crippen LogP contribution in [0, 0.1) is 0 Å².